The molecule has 0 spiro atoms. The Hall–Kier alpha value is -2.56. The fourth-order valence-corrected chi connectivity index (χ4v) is 1.27. The van der Waals surface area contributed by atoms with Crippen molar-refractivity contribution in [2.45, 2.75) is 0 Å². The van der Waals surface area contributed by atoms with Gasteiger partial charge in [0.05, 0.1) is 5.69 Å². The fourth-order valence-electron chi connectivity index (χ4n) is 1.27. The highest BCUT2D eigenvalue weighted by Gasteiger charge is 1.93. The van der Waals surface area contributed by atoms with Crippen molar-refractivity contribution in [3.05, 3.63) is 61.1 Å². The fraction of sp³-hybridized carbons (Fsp3) is 0. The first-order valence-electron chi connectivity index (χ1n) is 5.09. The van der Waals surface area contributed by atoms with E-state index < -0.39 is 0 Å². The molecule has 0 aliphatic carbocycles. The van der Waals surface area contributed by atoms with Gasteiger partial charge in [0.25, 0.3) is 0 Å². The number of nitrogens with zero attached hydrogens (tertiary/aromatic N) is 4. The summed E-state index contributed by atoms with van der Waals surface area (Å²) in [5, 5.41) is 12.2. The summed E-state index contributed by atoms with van der Waals surface area (Å²) in [5.74, 6) is 0. The summed E-state index contributed by atoms with van der Waals surface area (Å²) in [6.07, 6.45) is 3.14. The first-order valence-corrected chi connectivity index (χ1v) is 5.09. The molecule has 1 aromatic carbocycles. The second kappa shape index (κ2) is 6.12. The Labute approximate surface area is 98.5 Å². The summed E-state index contributed by atoms with van der Waals surface area (Å²) in [6.45, 7) is 0. The van der Waals surface area contributed by atoms with Crippen molar-refractivity contribution < 1.29 is 0 Å². The molecule has 5 nitrogen and oxygen atoms in total. The normalized spacial score (nSPS) is 9.18. The van der Waals surface area contributed by atoms with E-state index in [1.165, 1.54) is 6.33 Å². The van der Waals surface area contributed by atoms with Gasteiger partial charge in [-0.05, 0) is 12.1 Å². The zero-order valence-corrected chi connectivity index (χ0v) is 9.06. The van der Waals surface area contributed by atoms with Crippen LogP contribution in [0.5, 0.6) is 0 Å². The van der Waals surface area contributed by atoms with Crippen LogP contribution in [0.25, 0.3) is 11.3 Å². The molecule has 3 rings (SSSR count). The largest absolute Gasteiger partial charge is 0.256 e. The Morgan fingerprint density at radius 3 is 2.24 bits per heavy atom. The molecule has 0 unspecified atom stereocenters. The maximum atomic E-state index is 4.25. The third-order valence-corrected chi connectivity index (χ3v) is 2.00. The Balaban J connectivity index is 0.000000181. The second-order valence-electron chi connectivity index (χ2n) is 3.14. The monoisotopic (exact) mass is 225 g/mol. The van der Waals surface area contributed by atoms with E-state index in [-0.39, 0.29) is 0 Å². The lowest BCUT2D eigenvalue weighted by Crippen LogP contribution is -1.79. The summed E-state index contributed by atoms with van der Waals surface area (Å²) >= 11 is 0. The highest BCUT2D eigenvalue weighted by Crippen LogP contribution is 2.14. The number of tetrazole rings is 1. The third kappa shape index (κ3) is 3.49. The Bertz CT molecular complexity index is 452. The van der Waals surface area contributed by atoms with Gasteiger partial charge in [-0.1, -0.05) is 41.6 Å². The van der Waals surface area contributed by atoms with Crippen molar-refractivity contribution in [3.8, 4) is 11.3 Å². The molecule has 0 aliphatic heterocycles. The van der Waals surface area contributed by atoms with Crippen molar-refractivity contribution in [1.29, 1.82) is 0 Å². The van der Waals surface area contributed by atoms with E-state index in [2.05, 4.69) is 37.7 Å². The maximum Gasteiger partial charge on any atom is 0.161 e. The lowest BCUT2D eigenvalue weighted by atomic mass is 10.1. The van der Waals surface area contributed by atoms with Crippen molar-refractivity contribution >= 4 is 0 Å². The molecule has 1 N–H and O–H groups in total. The average molecular weight is 225 g/mol. The number of H-pyrrole nitrogens is 1. The molecule has 5 heteroatoms. The lowest BCUT2D eigenvalue weighted by Gasteiger charge is -1.97. The molecule has 0 saturated heterocycles. The van der Waals surface area contributed by atoms with Gasteiger partial charge in [0.15, 0.2) is 6.33 Å². The molecule has 0 radical (unpaired) electrons. The molecular formula is C12H11N5. The first kappa shape index (κ1) is 10.9. The quantitative estimate of drug-likeness (QED) is 0.687. The van der Waals surface area contributed by atoms with Gasteiger partial charge < -0.3 is 0 Å². The lowest BCUT2D eigenvalue weighted by molar-refractivity contribution is 0.881. The summed E-state index contributed by atoms with van der Waals surface area (Å²) in [5.41, 5.74) is 2.19. The Morgan fingerprint density at radius 1 is 0.882 bits per heavy atom. The number of rotatable bonds is 1. The van der Waals surface area contributed by atoms with Gasteiger partial charge in [-0.15, -0.1) is 10.2 Å². The van der Waals surface area contributed by atoms with Gasteiger partial charge in [-0.3, -0.25) is 4.98 Å². The van der Waals surface area contributed by atoms with Crippen LogP contribution in [0, 0.1) is 0 Å². The van der Waals surface area contributed by atoms with Crippen molar-refractivity contribution in [2.24, 2.45) is 0 Å². The van der Waals surface area contributed by atoms with Gasteiger partial charge in [-0.25, -0.2) is 0 Å². The topological polar surface area (TPSA) is 67.3 Å². The van der Waals surface area contributed by atoms with Crippen LogP contribution in [0.15, 0.2) is 61.1 Å². The van der Waals surface area contributed by atoms with Crippen molar-refractivity contribution in [2.75, 3.05) is 0 Å². The van der Waals surface area contributed by atoms with Crippen LogP contribution in [0.4, 0.5) is 0 Å². The van der Waals surface area contributed by atoms with Crippen LogP contribution in [-0.2, 0) is 0 Å². The highest BCUT2D eigenvalue weighted by atomic mass is 15.5. The highest BCUT2D eigenvalue weighted by molar-refractivity contribution is 5.58. The average Bonchev–Trinajstić information content (AvgIpc) is 3.00. The van der Waals surface area contributed by atoms with Gasteiger partial charge in [-0.2, -0.15) is 5.21 Å². The van der Waals surface area contributed by atoms with E-state index in [1.54, 1.807) is 0 Å². The molecule has 17 heavy (non-hydrogen) atoms. The van der Waals surface area contributed by atoms with Crippen LogP contribution in [0.2, 0.25) is 0 Å². The molecule has 0 bridgehead atoms. The molecule has 3 aromatic rings. The second-order valence-corrected chi connectivity index (χ2v) is 3.14. The molecule has 2 heterocycles. The van der Waals surface area contributed by atoms with Gasteiger partial charge in [0, 0.05) is 11.8 Å². The van der Waals surface area contributed by atoms with Crippen LogP contribution in [0.1, 0.15) is 0 Å². The molecule has 0 amide bonds. The van der Waals surface area contributed by atoms with E-state index >= 15 is 0 Å². The number of benzene rings is 1. The standard InChI is InChI=1S/C11H9N.CH2N4/c1-2-6-10(7-3-1)11-8-4-5-9-12-11;1-2-4-5-3-1/h1-9H;1H,(H,2,3,4,5). The van der Waals surface area contributed by atoms with E-state index in [4.69, 9.17) is 0 Å². The van der Waals surface area contributed by atoms with Crippen molar-refractivity contribution in [3.63, 3.8) is 0 Å². The van der Waals surface area contributed by atoms with Gasteiger partial charge in [0.2, 0.25) is 0 Å². The number of pyridine rings is 1. The zero-order valence-electron chi connectivity index (χ0n) is 9.06. The summed E-state index contributed by atoms with van der Waals surface area (Å²) in [4.78, 5) is 4.25. The molecule has 0 atom stereocenters. The van der Waals surface area contributed by atoms with Crippen LogP contribution >= 0.6 is 0 Å². The summed E-state index contributed by atoms with van der Waals surface area (Å²) in [6, 6.07) is 16.1. The zero-order chi connectivity index (χ0) is 11.8. The van der Waals surface area contributed by atoms with Crippen LogP contribution in [0.3, 0.4) is 0 Å². The number of hydrogen-bond acceptors (Lipinski definition) is 4. The number of aromatic amines is 1. The van der Waals surface area contributed by atoms with Crippen LogP contribution in [-0.4, -0.2) is 25.6 Å². The van der Waals surface area contributed by atoms with E-state index in [0.717, 1.165) is 11.3 Å². The number of aromatic nitrogens is 5. The minimum absolute atomic E-state index is 1.03. The molecule has 0 fully saturated rings. The smallest absolute Gasteiger partial charge is 0.161 e. The molecule has 0 saturated carbocycles. The predicted molar refractivity (Wildman–Crippen MR) is 63.9 cm³/mol. The Kier molecular flexibility index (Phi) is 3.94. The minimum atomic E-state index is 1.03. The van der Waals surface area contributed by atoms with E-state index in [9.17, 15) is 0 Å². The van der Waals surface area contributed by atoms with Gasteiger partial charge >= 0.3 is 0 Å². The molecule has 2 aromatic heterocycles. The number of nitrogens with one attached hydrogen (secondary N) is 1. The maximum absolute atomic E-state index is 4.25. The number of hydrogen-bond donors (Lipinski definition) is 1. The molecule has 0 aliphatic rings. The van der Waals surface area contributed by atoms with E-state index in [1.807, 2.05) is 42.6 Å². The molecular weight excluding hydrogens is 214 g/mol. The summed E-state index contributed by atoms with van der Waals surface area (Å²) in [7, 11) is 0. The summed E-state index contributed by atoms with van der Waals surface area (Å²) < 4.78 is 0. The minimum Gasteiger partial charge on any atom is -0.256 e. The Morgan fingerprint density at radius 2 is 1.71 bits per heavy atom. The van der Waals surface area contributed by atoms with Crippen LogP contribution < -0.4 is 0 Å². The molecule has 84 valence electrons. The predicted octanol–water partition coefficient (Wildman–Crippen LogP) is 1.95. The third-order valence-electron chi connectivity index (χ3n) is 2.00. The van der Waals surface area contributed by atoms with Gasteiger partial charge in [0.1, 0.15) is 0 Å². The SMILES string of the molecule is c1ccc(-c2ccccn2)cc1.c1nn[nH]n1. The van der Waals surface area contributed by atoms with E-state index in [0.29, 0.717) is 0 Å². The first-order chi connectivity index (χ1) is 8.47. The van der Waals surface area contributed by atoms with Crippen molar-refractivity contribution in [1.82, 2.24) is 25.6 Å².